The number of benzene rings is 1. The van der Waals surface area contributed by atoms with E-state index in [9.17, 15) is 4.79 Å². The Balaban J connectivity index is 1.95. The normalized spacial score (nSPS) is 10.6. The zero-order valence-electron chi connectivity index (χ0n) is 13.8. The van der Waals surface area contributed by atoms with Crippen LogP contribution in [0.2, 0.25) is 10.0 Å². The highest BCUT2D eigenvalue weighted by atomic mass is 35.5. The molecule has 0 aliphatic rings. The quantitative estimate of drug-likeness (QED) is 0.706. The van der Waals surface area contributed by atoms with Crippen molar-refractivity contribution in [2.45, 2.75) is 0 Å². The van der Waals surface area contributed by atoms with Gasteiger partial charge in [0.2, 0.25) is 0 Å². The molecule has 0 saturated heterocycles. The fourth-order valence-corrected chi connectivity index (χ4v) is 2.76. The molecule has 0 bridgehead atoms. The lowest BCUT2D eigenvalue weighted by molar-refractivity contribution is 0.101. The van der Waals surface area contributed by atoms with E-state index in [0.29, 0.717) is 27.7 Å². The second-order valence-electron chi connectivity index (χ2n) is 5.22. The Morgan fingerprint density at radius 2 is 2.08 bits per heavy atom. The molecule has 134 valence electrons. The fourth-order valence-electron chi connectivity index (χ4n) is 2.36. The summed E-state index contributed by atoms with van der Waals surface area (Å²) < 4.78 is 6.74. The van der Waals surface area contributed by atoms with Gasteiger partial charge in [-0.1, -0.05) is 23.2 Å². The third kappa shape index (κ3) is 3.29. The van der Waals surface area contributed by atoms with Gasteiger partial charge < -0.3 is 15.8 Å². The fraction of sp³-hybridized carbons (Fsp3) is 0.125. The number of carbonyl (C=O) groups excluding carboxylic acids is 1. The molecule has 0 atom stereocenters. The maximum absolute atomic E-state index is 12.2. The summed E-state index contributed by atoms with van der Waals surface area (Å²) in [5, 5.41) is 7.14. The number of anilines is 2. The lowest BCUT2D eigenvalue weighted by Gasteiger charge is -2.13. The number of nitrogens with zero attached hydrogens (tertiary/aromatic N) is 4. The molecule has 0 unspecified atom stereocenters. The molecule has 0 radical (unpaired) electrons. The first-order valence-electron chi connectivity index (χ1n) is 7.36. The minimum Gasteiger partial charge on any atom is -0.496 e. The van der Waals surface area contributed by atoms with Crippen LogP contribution in [0.5, 0.6) is 5.75 Å². The minimum absolute atomic E-state index is 0.0651. The van der Waals surface area contributed by atoms with Gasteiger partial charge in [0.25, 0.3) is 5.91 Å². The number of aromatic nitrogens is 4. The van der Waals surface area contributed by atoms with Gasteiger partial charge in [0, 0.05) is 13.2 Å². The number of nitrogens with one attached hydrogen (secondary N) is 1. The van der Waals surface area contributed by atoms with E-state index in [-0.39, 0.29) is 22.6 Å². The summed E-state index contributed by atoms with van der Waals surface area (Å²) in [4.78, 5) is 20.7. The van der Waals surface area contributed by atoms with Crippen LogP contribution in [0.3, 0.4) is 0 Å². The van der Waals surface area contributed by atoms with Crippen LogP contribution in [0.4, 0.5) is 11.6 Å². The molecule has 0 spiro atoms. The van der Waals surface area contributed by atoms with Gasteiger partial charge in [-0.05, 0) is 18.2 Å². The van der Waals surface area contributed by atoms with Crippen LogP contribution in [0, 0.1) is 0 Å². The summed E-state index contributed by atoms with van der Waals surface area (Å²) in [6.45, 7) is 0. The zero-order valence-corrected chi connectivity index (χ0v) is 15.3. The molecule has 0 fully saturated rings. The second-order valence-corrected chi connectivity index (χ2v) is 6.01. The number of nitrogen functional groups attached to an aromatic ring is 1. The smallest absolute Gasteiger partial charge is 0.275 e. The van der Waals surface area contributed by atoms with Crippen molar-refractivity contribution in [3.63, 3.8) is 0 Å². The molecule has 3 N–H and O–H groups in total. The number of carbonyl (C=O) groups is 1. The van der Waals surface area contributed by atoms with E-state index in [4.69, 9.17) is 33.7 Å². The van der Waals surface area contributed by atoms with Gasteiger partial charge in [-0.15, -0.1) is 0 Å². The van der Waals surface area contributed by atoms with Crippen molar-refractivity contribution in [3.05, 3.63) is 46.3 Å². The highest BCUT2D eigenvalue weighted by molar-refractivity contribution is 6.44. The lowest BCUT2D eigenvalue weighted by Crippen LogP contribution is -2.17. The number of rotatable bonds is 4. The van der Waals surface area contributed by atoms with Crippen LogP contribution in [0.15, 0.2) is 30.6 Å². The van der Waals surface area contributed by atoms with E-state index in [1.165, 1.54) is 24.2 Å². The van der Waals surface area contributed by atoms with Crippen molar-refractivity contribution < 1.29 is 9.53 Å². The van der Waals surface area contributed by atoms with Gasteiger partial charge in [-0.3, -0.25) is 9.48 Å². The molecule has 1 amide bonds. The molecule has 0 aliphatic carbocycles. The monoisotopic (exact) mass is 392 g/mol. The van der Waals surface area contributed by atoms with Crippen molar-refractivity contribution in [2.24, 2.45) is 7.05 Å². The first-order chi connectivity index (χ1) is 12.4. The number of ether oxygens (including phenoxy) is 1. The predicted octanol–water partition coefficient (Wildman–Crippen LogP) is 3.03. The lowest BCUT2D eigenvalue weighted by atomic mass is 10.1. The Morgan fingerprint density at radius 1 is 1.31 bits per heavy atom. The number of nitrogens with two attached hydrogens (primary N) is 1. The third-order valence-electron chi connectivity index (χ3n) is 3.61. The number of aryl methyl sites for hydroxylation is 1. The third-order valence-corrected chi connectivity index (χ3v) is 4.41. The van der Waals surface area contributed by atoms with Crippen molar-refractivity contribution in [3.8, 4) is 17.0 Å². The Morgan fingerprint density at radius 3 is 2.69 bits per heavy atom. The van der Waals surface area contributed by atoms with Crippen LogP contribution >= 0.6 is 23.2 Å². The summed E-state index contributed by atoms with van der Waals surface area (Å²) >= 11 is 12.4. The first kappa shape index (κ1) is 18.0. The van der Waals surface area contributed by atoms with Crippen LogP contribution in [-0.4, -0.2) is 32.8 Å². The number of hydrogen-bond donors (Lipinski definition) is 2. The Hall–Kier alpha value is -2.84. The van der Waals surface area contributed by atoms with Crippen LogP contribution in [0.1, 0.15) is 10.5 Å². The largest absolute Gasteiger partial charge is 0.496 e. The maximum Gasteiger partial charge on any atom is 0.275 e. The van der Waals surface area contributed by atoms with Gasteiger partial charge in [0.05, 0.1) is 28.9 Å². The van der Waals surface area contributed by atoms with E-state index in [1.54, 1.807) is 25.2 Å². The summed E-state index contributed by atoms with van der Waals surface area (Å²) in [5.74, 6) is 0.321. The van der Waals surface area contributed by atoms with Crippen LogP contribution in [-0.2, 0) is 7.05 Å². The maximum atomic E-state index is 12.2. The molecule has 3 aromatic rings. The SMILES string of the molecule is COc1ccc(Cl)c(Cl)c1-c1ncc(NC(=O)c2ccnn2C)nc1N. The van der Waals surface area contributed by atoms with Gasteiger partial charge in [0.15, 0.2) is 11.6 Å². The van der Waals surface area contributed by atoms with Crippen molar-refractivity contribution in [1.82, 2.24) is 19.7 Å². The molecule has 10 heteroatoms. The van der Waals surface area contributed by atoms with E-state index >= 15 is 0 Å². The molecule has 0 aliphatic heterocycles. The summed E-state index contributed by atoms with van der Waals surface area (Å²) in [6, 6.07) is 4.85. The molecule has 26 heavy (non-hydrogen) atoms. The minimum atomic E-state index is -0.384. The molecule has 2 aromatic heterocycles. The van der Waals surface area contributed by atoms with Crippen LogP contribution < -0.4 is 15.8 Å². The van der Waals surface area contributed by atoms with Gasteiger partial charge in [-0.2, -0.15) is 5.10 Å². The van der Waals surface area contributed by atoms with Crippen LogP contribution in [0.25, 0.3) is 11.3 Å². The Bertz CT molecular complexity index is 989. The molecular weight excluding hydrogens is 379 g/mol. The number of hydrogen-bond acceptors (Lipinski definition) is 6. The predicted molar refractivity (Wildman–Crippen MR) is 99.6 cm³/mol. The molecular formula is C16H14Cl2N6O2. The van der Waals surface area contributed by atoms with E-state index in [1.807, 2.05) is 0 Å². The van der Waals surface area contributed by atoms with Crippen molar-refractivity contribution >= 4 is 40.7 Å². The summed E-state index contributed by atoms with van der Waals surface area (Å²) in [6.07, 6.45) is 2.89. The summed E-state index contributed by atoms with van der Waals surface area (Å²) in [5.41, 5.74) is 7.12. The average molecular weight is 393 g/mol. The number of methoxy groups -OCH3 is 1. The Kier molecular flexibility index (Phi) is 4.97. The molecule has 0 saturated carbocycles. The van der Waals surface area contributed by atoms with Crippen molar-refractivity contribution in [2.75, 3.05) is 18.2 Å². The van der Waals surface area contributed by atoms with E-state index in [0.717, 1.165) is 0 Å². The highest BCUT2D eigenvalue weighted by Gasteiger charge is 2.19. The van der Waals surface area contributed by atoms with Gasteiger partial charge in [0.1, 0.15) is 17.1 Å². The van der Waals surface area contributed by atoms with Gasteiger partial charge >= 0.3 is 0 Å². The molecule has 2 heterocycles. The molecule has 1 aromatic carbocycles. The first-order valence-corrected chi connectivity index (χ1v) is 8.12. The highest BCUT2D eigenvalue weighted by Crippen LogP contribution is 2.41. The molecule has 3 rings (SSSR count). The Labute approximate surface area is 158 Å². The zero-order chi connectivity index (χ0) is 18.8. The number of amides is 1. The summed E-state index contributed by atoms with van der Waals surface area (Å²) in [7, 11) is 3.15. The van der Waals surface area contributed by atoms with E-state index < -0.39 is 0 Å². The van der Waals surface area contributed by atoms with E-state index in [2.05, 4.69) is 20.4 Å². The molecule has 8 nitrogen and oxygen atoms in total. The average Bonchev–Trinajstić information content (AvgIpc) is 3.04. The van der Waals surface area contributed by atoms with Gasteiger partial charge in [-0.25, -0.2) is 9.97 Å². The second kappa shape index (κ2) is 7.19. The van der Waals surface area contributed by atoms with Crippen molar-refractivity contribution in [1.29, 1.82) is 0 Å². The topological polar surface area (TPSA) is 108 Å². The number of halogens is 2. The standard InChI is InChI=1S/C16H14Cl2N6O2/c1-24-9(5-6-21-24)16(25)23-11-7-20-14(15(19)22-11)12-10(26-2)4-3-8(17)13(12)18/h3-7H,1-2H3,(H3,19,22,23,25).